The summed E-state index contributed by atoms with van der Waals surface area (Å²) in [5.74, 6) is 2.03. The number of nitrogens with one attached hydrogen (secondary N) is 2. The van der Waals surface area contributed by atoms with Gasteiger partial charge in [0.05, 0.1) is 7.11 Å². The van der Waals surface area contributed by atoms with E-state index in [4.69, 9.17) is 4.74 Å². The molecule has 21 heavy (non-hydrogen) atoms. The van der Waals surface area contributed by atoms with Crippen molar-refractivity contribution in [2.45, 2.75) is 38.1 Å². The number of aromatic amines is 1. The van der Waals surface area contributed by atoms with E-state index < -0.39 is 0 Å². The average molecular weight is 285 g/mol. The monoisotopic (exact) mass is 285 g/mol. The maximum Gasteiger partial charge on any atom is 0.119 e. The molecule has 0 fully saturated rings. The first-order valence-electron chi connectivity index (χ1n) is 7.75. The van der Waals surface area contributed by atoms with Crippen LogP contribution >= 0.6 is 0 Å². The van der Waals surface area contributed by atoms with E-state index in [1.54, 1.807) is 7.11 Å². The van der Waals surface area contributed by atoms with Crippen molar-refractivity contribution >= 4 is 0 Å². The molecule has 1 aliphatic carbocycles. The van der Waals surface area contributed by atoms with E-state index in [1.807, 2.05) is 12.4 Å². The zero-order chi connectivity index (χ0) is 14.5. The molecular weight excluding hydrogens is 262 g/mol. The van der Waals surface area contributed by atoms with Crippen molar-refractivity contribution in [1.29, 1.82) is 0 Å². The molecule has 2 N–H and O–H groups in total. The zero-order valence-corrected chi connectivity index (χ0v) is 12.6. The van der Waals surface area contributed by atoms with Crippen LogP contribution in [0.5, 0.6) is 5.75 Å². The Labute approximate surface area is 125 Å². The summed E-state index contributed by atoms with van der Waals surface area (Å²) in [6.45, 7) is 1.02. The summed E-state index contributed by atoms with van der Waals surface area (Å²) in [6.07, 6.45) is 9.44. The average Bonchev–Trinajstić information content (AvgIpc) is 3.04. The van der Waals surface area contributed by atoms with E-state index in [9.17, 15) is 0 Å². The lowest BCUT2D eigenvalue weighted by Crippen LogP contribution is -2.26. The molecule has 0 amide bonds. The molecule has 0 aliphatic heterocycles. The Balaban J connectivity index is 1.57. The molecule has 0 saturated heterocycles. The van der Waals surface area contributed by atoms with Gasteiger partial charge in [0.15, 0.2) is 0 Å². The van der Waals surface area contributed by atoms with Crippen molar-refractivity contribution in [1.82, 2.24) is 15.3 Å². The highest BCUT2D eigenvalue weighted by Crippen LogP contribution is 2.32. The molecule has 0 saturated carbocycles. The fourth-order valence-corrected chi connectivity index (χ4v) is 3.08. The molecule has 1 unspecified atom stereocenters. The van der Waals surface area contributed by atoms with Gasteiger partial charge < -0.3 is 15.0 Å². The molecule has 1 aliphatic rings. The number of H-pyrrole nitrogens is 1. The number of rotatable bonds is 6. The van der Waals surface area contributed by atoms with Gasteiger partial charge in [0, 0.05) is 24.9 Å². The number of aryl methyl sites for hydroxylation is 2. The van der Waals surface area contributed by atoms with E-state index in [0.29, 0.717) is 6.04 Å². The Morgan fingerprint density at radius 1 is 1.43 bits per heavy atom. The van der Waals surface area contributed by atoms with Crippen molar-refractivity contribution in [3.05, 3.63) is 47.5 Å². The molecule has 1 aromatic carbocycles. The van der Waals surface area contributed by atoms with Gasteiger partial charge in [0.2, 0.25) is 0 Å². The second-order valence-corrected chi connectivity index (χ2v) is 5.60. The van der Waals surface area contributed by atoms with Crippen LogP contribution in [0, 0.1) is 0 Å². The fourth-order valence-electron chi connectivity index (χ4n) is 3.08. The van der Waals surface area contributed by atoms with E-state index in [0.717, 1.165) is 31.0 Å². The van der Waals surface area contributed by atoms with Gasteiger partial charge in [-0.15, -0.1) is 0 Å². The summed E-state index contributed by atoms with van der Waals surface area (Å²) in [4.78, 5) is 7.41. The lowest BCUT2D eigenvalue weighted by Gasteiger charge is -2.27. The van der Waals surface area contributed by atoms with Crippen molar-refractivity contribution in [3.8, 4) is 5.75 Å². The maximum atomic E-state index is 5.36. The third-order valence-corrected chi connectivity index (χ3v) is 4.20. The number of hydrogen-bond donors (Lipinski definition) is 2. The topological polar surface area (TPSA) is 49.9 Å². The third-order valence-electron chi connectivity index (χ3n) is 4.20. The molecule has 1 aromatic heterocycles. The molecule has 0 spiro atoms. The summed E-state index contributed by atoms with van der Waals surface area (Å²) < 4.78 is 5.36. The first kappa shape index (κ1) is 14.1. The summed E-state index contributed by atoms with van der Waals surface area (Å²) in [6, 6.07) is 6.93. The van der Waals surface area contributed by atoms with Gasteiger partial charge in [-0.05, 0) is 55.5 Å². The largest absolute Gasteiger partial charge is 0.497 e. The van der Waals surface area contributed by atoms with Crippen LogP contribution in [0.15, 0.2) is 30.6 Å². The number of hydrogen-bond acceptors (Lipinski definition) is 3. The van der Waals surface area contributed by atoms with Crippen molar-refractivity contribution in [2.24, 2.45) is 0 Å². The smallest absolute Gasteiger partial charge is 0.119 e. The molecule has 112 valence electrons. The molecule has 2 aromatic rings. The Morgan fingerprint density at radius 2 is 2.38 bits per heavy atom. The van der Waals surface area contributed by atoms with Gasteiger partial charge >= 0.3 is 0 Å². The van der Waals surface area contributed by atoms with E-state index in [2.05, 4.69) is 33.5 Å². The van der Waals surface area contributed by atoms with Crippen LogP contribution < -0.4 is 10.1 Å². The Bertz CT molecular complexity index is 565. The summed E-state index contributed by atoms with van der Waals surface area (Å²) in [7, 11) is 1.73. The summed E-state index contributed by atoms with van der Waals surface area (Å²) >= 11 is 0. The number of fused-ring (bicyclic) bond motifs is 1. The van der Waals surface area contributed by atoms with Crippen LogP contribution in [0.1, 0.15) is 42.3 Å². The van der Waals surface area contributed by atoms with Crippen LogP contribution in [0.2, 0.25) is 0 Å². The summed E-state index contributed by atoms with van der Waals surface area (Å²) in [5, 5.41) is 3.69. The number of methoxy groups -OCH3 is 1. The molecule has 1 heterocycles. The van der Waals surface area contributed by atoms with E-state index in [1.165, 1.54) is 30.4 Å². The minimum absolute atomic E-state index is 0.459. The summed E-state index contributed by atoms with van der Waals surface area (Å²) in [5.41, 5.74) is 2.88. The zero-order valence-electron chi connectivity index (χ0n) is 12.6. The minimum Gasteiger partial charge on any atom is -0.497 e. The lowest BCUT2D eigenvalue weighted by atomic mass is 9.87. The molecule has 3 rings (SSSR count). The second kappa shape index (κ2) is 6.76. The molecule has 4 nitrogen and oxygen atoms in total. The van der Waals surface area contributed by atoms with Gasteiger partial charge in [0.1, 0.15) is 11.6 Å². The van der Waals surface area contributed by atoms with Gasteiger partial charge in [-0.25, -0.2) is 4.98 Å². The maximum absolute atomic E-state index is 5.36. The second-order valence-electron chi connectivity index (χ2n) is 5.60. The van der Waals surface area contributed by atoms with Crippen molar-refractivity contribution in [2.75, 3.05) is 13.7 Å². The van der Waals surface area contributed by atoms with Crippen LogP contribution in [0.25, 0.3) is 0 Å². The number of imidazole rings is 1. The first-order chi connectivity index (χ1) is 10.4. The molecule has 4 heteroatoms. The third kappa shape index (κ3) is 3.45. The number of aromatic nitrogens is 2. The van der Waals surface area contributed by atoms with E-state index >= 15 is 0 Å². The molecule has 1 atom stereocenters. The molecular formula is C17H23N3O. The van der Waals surface area contributed by atoms with E-state index in [-0.39, 0.29) is 0 Å². The number of benzene rings is 1. The fraction of sp³-hybridized carbons (Fsp3) is 0.471. The van der Waals surface area contributed by atoms with Crippen molar-refractivity contribution < 1.29 is 4.74 Å². The Morgan fingerprint density at radius 3 is 3.19 bits per heavy atom. The highest BCUT2D eigenvalue weighted by atomic mass is 16.5. The standard InChI is InChI=1S/C17H23N3O/c1-21-14-8-7-13-4-2-5-16(15(13)12-14)18-9-3-6-17-19-10-11-20-17/h7-8,10-12,16,18H,2-6,9H2,1H3,(H,19,20). The van der Waals surface area contributed by atoms with Gasteiger partial charge in [-0.2, -0.15) is 0 Å². The van der Waals surface area contributed by atoms with Gasteiger partial charge in [-0.3, -0.25) is 0 Å². The SMILES string of the molecule is COc1ccc2c(c1)C(NCCCc1ncc[nH]1)CCC2. The first-order valence-corrected chi connectivity index (χ1v) is 7.75. The molecule has 0 radical (unpaired) electrons. The minimum atomic E-state index is 0.459. The van der Waals surface area contributed by atoms with Crippen LogP contribution in [0.4, 0.5) is 0 Å². The van der Waals surface area contributed by atoms with Crippen LogP contribution in [0.3, 0.4) is 0 Å². The van der Waals surface area contributed by atoms with Crippen LogP contribution in [-0.2, 0) is 12.8 Å². The van der Waals surface area contributed by atoms with Crippen LogP contribution in [-0.4, -0.2) is 23.6 Å². The quantitative estimate of drug-likeness (QED) is 0.802. The Hall–Kier alpha value is -1.81. The van der Waals surface area contributed by atoms with Crippen molar-refractivity contribution in [3.63, 3.8) is 0 Å². The predicted molar refractivity (Wildman–Crippen MR) is 83.6 cm³/mol. The number of nitrogens with zero attached hydrogens (tertiary/aromatic N) is 1. The molecule has 0 bridgehead atoms. The lowest BCUT2D eigenvalue weighted by molar-refractivity contribution is 0.408. The predicted octanol–water partition coefficient (Wildman–Crippen LogP) is 3.02. The van der Waals surface area contributed by atoms with Gasteiger partial charge in [-0.1, -0.05) is 6.07 Å². The number of ether oxygens (including phenoxy) is 1. The van der Waals surface area contributed by atoms with Gasteiger partial charge in [0.25, 0.3) is 0 Å². The Kier molecular flexibility index (Phi) is 4.55. The highest BCUT2D eigenvalue weighted by molar-refractivity contribution is 5.39. The highest BCUT2D eigenvalue weighted by Gasteiger charge is 2.20. The normalized spacial score (nSPS) is 17.5.